The van der Waals surface area contributed by atoms with Crippen molar-refractivity contribution in [2.75, 3.05) is 26.7 Å². The fourth-order valence-corrected chi connectivity index (χ4v) is 3.42. The molecule has 8 heteroatoms. The Morgan fingerprint density at radius 3 is 2.69 bits per heavy atom. The van der Waals surface area contributed by atoms with Crippen LogP contribution in [-0.2, 0) is 17.7 Å². The molecule has 1 aliphatic heterocycles. The zero-order valence-corrected chi connectivity index (χ0v) is 17.8. The Bertz CT molecular complexity index is 830. The third kappa shape index (κ3) is 5.26. The number of benzene rings is 1. The maximum absolute atomic E-state index is 12.7. The van der Waals surface area contributed by atoms with Crippen LogP contribution in [0.1, 0.15) is 51.0 Å². The van der Waals surface area contributed by atoms with Gasteiger partial charge in [-0.05, 0) is 26.8 Å². The van der Waals surface area contributed by atoms with Gasteiger partial charge in [0, 0.05) is 31.6 Å². The van der Waals surface area contributed by atoms with Crippen molar-refractivity contribution < 1.29 is 18.8 Å². The number of nitrogens with zero attached hydrogens (tertiary/aromatic N) is 4. The van der Waals surface area contributed by atoms with E-state index in [4.69, 9.17) is 14.0 Å². The maximum Gasteiger partial charge on any atom is 0.410 e. The van der Waals surface area contributed by atoms with E-state index in [2.05, 4.69) is 15.0 Å². The Morgan fingerprint density at radius 2 is 2.03 bits per heavy atom. The molecule has 0 bridgehead atoms. The largest absolute Gasteiger partial charge is 0.496 e. The van der Waals surface area contributed by atoms with E-state index in [1.807, 2.05) is 52.0 Å². The summed E-state index contributed by atoms with van der Waals surface area (Å²) in [6.07, 6.45) is 0.403. The van der Waals surface area contributed by atoms with Crippen molar-refractivity contribution in [3.63, 3.8) is 0 Å². The van der Waals surface area contributed by atoms with Gasteiger partial charge in [0.05, 0.1) is 19.7 Å². The monoisotopic (exact) mass is 402 g/mol. The molecule has 1 fully saturated rings. The van der Waals surface area contributed by atoms with Crippen LogP contribution in [0.4, 0.5) is 4.79 Å². The second kappa shape index (κ2) is 8.82. The summed E-state index contributed by atoms with van der Waals surface area (Å²) in [6.45, 7) is 9.87. The zero-order chi connectivity index (χ0) is 21.0. The second-order valence-corrected chi connectivity index (χ2v) is 8.11. The molecule has 29 heavy (non-hydrogen) atoms. The van der Waals surface area contributed by atoms with Crippen molar-refractivity contribution in [3.05, 3.63) is 41.5 Å². The molecular formula is C21H30N4O4. The number of methoxy groups -OCH3 is 1. The number of hydrogen-bond donors (Lipinski definition) is 0. The topological polar surface area (TPSA) is 80.9 Å². The van der Waals surface area contributed by atoms with Gasteiger partial charge in [0.15, 0.2) is 5.82 Å². The first-order chi connectivity index (χ1) is 13.8. The molecule has 1 amide bonds. The first-order valence-corrected chi connectivity index (χ1v) is 9.97. The number of carbonyl (C=O) groups excluding carboxylic acids is 1. The summed E-state index contributed by atoms with van der Waals surface area (Å²) in [6, 6.07) is 7.81. The summed E-state index contributed by atoms with van der Waals surface area (Å²) >= 11 is 0. The number of piperazine rings is 1. The van der Waals surface area contributed by atoms with Gasteiger partial charge in [0.2, 0.25) is 5.89 Å². The summed E-state index contributed by atoms with van der Waals surface area (Å²) in [5.74, 6) is 2.06. The van der Waals surface area contributed by atoms with Gasteiger partial charge in [-0.3, -0.25) is 4.90 Å². The lowest BCUT2D eigenvalue weighted by atomic mass is 10.0. The fourth-order valence-electron chi connectivity index (χ4n) is 3.42. The molecule has 8 nitrogen and oxygen atoms in total. The summed E-state index contributed by atoms with van der Waals surface area (Å²) in [5, 5.41) is 4.09. The number of ether oxygens (including phenoxy) is 2. The molecule has 2 heterocycles. The van der Waals surface area contributed by atoms with E-state index in [1.54, 1.807) is 12.0 Å². The van der Waals surface area contributed by atoms with Crippen LogP contribution < -0.4 is 4.74 Å². The van der Waals surface area contributed by atoms with E-state index in [9.17, 15) is 4.79 Å². The number of rotatable bonds is 5. The highest BCUT2D eigenvalue weighted by atomic mass is 16.6. The molecule has 0 saturated carbocycles. The highest BCUT2D eigenvalue weighted by Crippen LogP contribution is 2.33. The van der Waals surface area contributed by atoms with Crippen molar-refractivity contribution in [1.29, 1.82) is 0 Å². The van der Waals surface area contributed by atoms with E-state index < -0.39 is 5.60 Å². The van der Waals surface area contributed by atoms with Crippen molar-refractivity contribution in [2.45, 2.75) is 52.3 Å². The number of aromatic nitrogens is 2. The van der Waals surface area contributed by atoms with E-state index in [1.165, 1.54) is 0 Å². The summed E-state index contributed by atoms with van der Waals surface area (Å²) in [4.78, 5) is 21.1. The molecule has 0 radical (unpaired) electrons. The molecule has 1 saturated heterocycles. The number of aryl methyl sites for hydroxylation is 1. The highest BCUT2D eigenvalue weighted by molar-refractivity contribution is 5.68. The molecule has 1 aromatic heterocycles. The van der Waals surface area contributed by atoms with E-state index in [-0.39, 0.29) is 12.1 Å². The van der Waals surface area contributed by atoms with Gasteiger partial charge >= 0.3 is 6.09 Å². The van der Waals surface area contributed by atoms with Crippen molar-refractivity contribution in [2.24, 2.45) is 0 Å². The van der Waals surface area contributed by atoms with Crippen LogP contribution in [-0.4, -0.2) is 58.4 Å². The molecule has 1 aliphatic rings. The Labute approximate surface area is 171 Å². The highest BCUT2D eigenvalue weighted by Gasteiger charge is 2.34. The minimum Gasteiger partial charge on any atom is -0.496 e. The fraction of sp³-hybridized carbons (Fsp3) is 0.571. The van der Waals surface area contributed by atoms with Gasteiger partial charge < -0.3 is 18.9 Å². The van der Waals surface area contributed by atoms with Crippen LogP contribution in [0.5, 0.6) is 5.75 Å². The Hall–Kier alpha value is -2.61. The molecule has 1 aromatic carbocycles. The minimum absolute atomic E-state index is 0.0732. The van der Waals surface area contributed by atoms with Gasteiger partial charge in [0.1, 0.15) is 11.4 Å². The lowest BCUT2D eigenvalue weighted by molar-refractivity contribution is 0.00124. The third-order valence-electron chi connectivity index (χ3n) is 4.80. The molecule has 1 unspecified atom stereocenters. The second-order valence-electron chi connectivity index (χ2n) is 8.11. The third-order valence-corrected chi connectivity index (χ3v) is 4.80. The zero-order valence-electron chi connectivity index (χ0n) is 17.8. The lowest BCUT2D eigenvalue weighted by Crippen LogP contribution is -2.51. The maximum atomic E-state index is 12.7. The van der Waals surface area contributed by atoms with Gasteiger partial charge in [-0.25, -0.2) is 4.79 Å². The van der Waals surface area contributed by atoms with Crippen LogP contribution in [0.2, 0.25) is 0 Å². The predicted octanol–water partition coefficient (Wildman–Crippen LogP) is 3.43. The number of carbonyl (C=O) groups is 1. The molecule has 1 atom stereocenters. The molecule has 158 valence electrons. The van der Waals surface area contributed by atoms with Gasteiger partial charge in [0.25, 0.3) is 0 Å². The molecule has 0 N–H and O–H groups in total. The number of hydrogen-bond acceptors (Lipinski definition) is 7. The molecule has 0 aliphatic carbocycles. The van der Waals surface area contributed by atoms with Crippen molar-refractivity contribution >= 4 is 6.09 Å². The van der Waals surface area contributed by atoms with Crippen molar-refractivity contribution in [3.8, 4) is 5.75 Å². The molecule has 0 spiro atoms. The average Bonchev–Trinajstić information content (AvgIpc) is 3.14. The predicted molar refractivity (Wildman–Crippen MR) is 108 cm³/mol. The normalized spacial score (nSPS) is 18.0. The van der Waals surface area contributed by atoms with Crippen LogP contribution in [0.15, 0.2) is 28.8 Å². The van der Waals surface area contributed by atoms with E-state index >= 15 is 0 Å². The van der Waals surface area contributed by atoms with Gasteiger partial charge in [-0.15, -0.1) is 0 Å². The smallest absolute Gasteiger partial charge is 0.410 e. The molecule has 3 rings (SSSR count). The summed E-state index contributed by atoms with van der Waals surface area (Å²) < 4.78 is 16.4. The molecule has 2 aromatic rings. The Balaban J connectivity index is 1.85. The number of para-hydroxylation sites is 1. The summed E-state index contributed by atoms with van der Waals surface area (Å²) in [7, 11) is 1.66. The van der Waals surface area contributed by atoms with E-state index in [0.29, 0.717) is 44.3 Å². The summed E-state index contributed by atoms with van der Waals surface area (Å²) in [5.41, 5.74) is 0.484. The van der Waals surface area contributed by atoms with Gasteiger partial charge in [-0.1, -0.05) is 30.3 Å². The minimum atomic E-state index is -0.532. The number of amides is 1. The molecular weight excluding hydrogens is 372 g/mol. The van der Waals surface area contributed by atoms with Crippen molar-refractivity contribution in [1.82, 2.24) is 19.9 Å². The van der Waals surface area contributed by atoms with Crippen LogP contribution in [0.25, 0.3) is 0 Å². The van der Waals surface area contributed by atoms with Crippen LogP contribution in [0, 0.1) is 0 Å². The standard InChI is InChI=1S/C21H30N4O4/c1-6-19-22-18(23-29-19)14-24-11-12-25(20(26)28-21(2,3)4)13-16(24)15-9-7-8-10-17(15)27-5/h7-10,16H,6,11-14H2,1-5H3. The van der Waals surface area contributed by atoms with Crippen LogP contribution >= 0.6 is 0 Å². The van der Waals surface area contributed by atoms with E-state index in [0.717, 1.165) is 11.3 Å². The SMILES string of the molecule is CCc1nc(CN2CCN(C(=O)OC(C)(C)C)CC2c2ccccc2OC)no1. The lowest BCUT2D eigenvalue weighted by Gasteiger charge is -2.41. The van der Waals surface area contributed by atoms with Gasteiger partial charge in [-0.2, -0.15) is 4.98 Å². The van der Waals surface area contributed by atoms with Crippen LogP contribution in [0.3, 0.4) is 0 Å². The average molecular weight is 402 g/mol. The first-order valence-electron chi connectivity index (χ1n) is 9.97. The quantitative estimate of drug-likeness (QED) is 0.758. The first kappa shape index (κ1) is 21.1. The Morgan fingerprint density at radius 1 is 1.28 bits per heavy atom. The Kier molecular flexibility index (Phi) is 6.42.